The Bertz CT molecular complexity index is 895. The number of likely N-dealkylation sites (N-methyl/N-ethyl adjacent to an activating group) is 1. The molecule has 0 aromatic rings. The topological polar surface area (TPSA) is 102 Å². The van der Waals surface area contributed by atoms with E-state index in [0.717, 1.165) is 51.4 Å². The molecule has 0 amide bonds. The van der Waals surface area contributed by atoms with Crippen LogP contribution < -0.4 is 5.11 Å². The lowest BCUT2D eigenvalue weighted by atomic mass is 10.0. The van der Waals surface area contributed by atoms with Crippen LogP contribution in [0.4, 0.5) is 0 Å². The Morgan fingerprint density at radius 3 is 1.53 bits per heavy atom. The molecule has 2 unspecified atom stereocenters. The van der Waals surface area contributed by atoms with Crippen LogP contribution >= 0.6 is 0 Å². The lowest BCUT2D eigenvalue weighted by Gasteiger charge is -2.34. The molecule has 0 spiro atoms. The Kier molecular flexibility index (Phi) is 33.4. The van der Waals surface area contributed by atoms with Crippen molar-refractivity contribution in [3.63, 3.8) is 0 Å². The minimum Gasteiger partial charge on any atom is -0.544 e. The second kappa shape index (κ2) is 34.9. The van der Waals surface area contributed by atoms with Gasteiger partial charge in [0.25, 0.3) is 0 Å². The Hall–Kier alpha value is -2.19. The first kappa shape index (κ1) is 48.8. The molecule has 0 rings (SSSR count). The number of rotatable bonds is 37. The SMILES string of the molecule is CCCC/C=C/C=C/CCCCCC(=O)OC(COCCC(C(=O)[O-])[N+](C)(C)C)COC(=O)CCCCCCCCCCCCCCCCCC. The van der Waals surface area contributed by atoms with Crippen molar-refractivity contribution >= 4 is 17.9 Å². The van der Waals surface area contributed by atoms with E-state index in [1.165, 1.54) is 96.3 Å². The van der Waals surface area contributed by atoms with Gasteiger partial charge in [0.2, 0.25) is 0 Å². The van der Waals surface area contributed by atoms with Gasteiger partial charge >= 0.3 is 11.9 Å². The fraction of sp³-hybridized carbons (Fsp3) is 0.837. The number of carboxylic acids is 1. The van der Waals surface area contributed by atoms with Crippen molar-refractivity contribution in [1.29, 1.82) is 0 Å². The van der Waals surface area contributed by atoms with Crippen LogP contribution in [0.2, 0.25) is 0 Å². The molecule has 0 aliphatic carbocycles. The number of carboxylic acid groups (broad SMARTS) is 1. The van der Waals surface area contributed by atoms with Gasteiger partial charge in [-0.2, -0.15) is 0 Å². The van der Waals surface area contributed by atoms with E-state index in [9.17, 15) is 19.5 Å². The molecule has 8 heteroatoms. The molecule has 0 aliphatic rings. The van der Waals surface area contributed by atoms with Gasteiger partial charge in [0.1, 0.15) is 12.6 Å². The molecule has 0 fully saturated rings. The average Bonchev–Trinajstić information content (AvgIpc) is 3.08. The maximum Gasteiger partial charge on any atom is 0.306 e. The molecule has 0 aliphatic heterocycles. The van der Waals surface area contributed by atoms with E-state index in [0.29, 0.717) is 12.8 Å². The van der Waals surface area contributed by atoms with Gasteiger partial charge < -0.3 is 28.6 Å². The Morgan fingerprint density at radius 1 is 0.588 bits per heavy atom. The predicted molar refractivity (Wildman–Crippen MR) is 208 cm³/mol. The van der Waals surface area contributed by atoms with E-state index >= 15 is 0 Å². The van der Waals surface area contributed by atoms with E-state index in [4.69, 9.17) is 14.2 Å². The molecule has 0 radical (unpaired) electrons. The van der Waals surface area contributed by atoms with Crippen LogP contribution in [0.5, 0.6) is 0 Å². The molecule has 0 N–H and O–H groups in total. The highest BCUT2D eigenvalue weighted by atomic mass is 16.6. The monoisotopic (exact) mass is 722 g/mol. The third-order valence-corrected chi connectivity index (χ3v) is 9.37. The number of hydrogen-bond acceptors (Lipinski definition) is 7. The molecule has 0 aromatic carbocycles. The zero-order valence-electron chi connectivity index (χ0n) is 33.8. The van der Waals surface area contributed by atoms with Gasteiger partial charge in [-0.3, -0.25) is 9.59 Å². The number of allylic oxidation sites excluding steroid dienone is 4. The van der Waals surface area contributed by atoms with Crippen molar-refractivity contribution in [2.45, 2.75) is 193 Å². The third kappa shape index (κ3) is 33.4. The van der Waals surface area contributed by atoms with E-state index in [1.54, 1.807) is 21.1 Å². The van der Waals surface area contributed by atoms with Gasteiger partial charge in [0, 0.05) is 19.3 Å². The van der Waals surface area contributed by atoms with Crippen molar-refractivity contribution in [3.8, 4) is 0 Å². The summed E-state index contributed by atoms with van der Waals surface area (Å²) in [6, 6.07) is -0.726. The first-order chi connectivity index (χ1) is 24.6. The van der Waals surface area contributed by atoms with Crippen LogP contribution in [0.15, 0.2) is 24.3 Å². The molecular formula is C43H79NO7. The van der Waals surface area contributed by atoms with E-state index < -0.39 is 18.1 Å². The first-order valence-electron chi connectivity index (χ1n) is 20.9. The fourth-order valence-electron chi connectivity index (χ4n) is 6.05. The molecule has 0 aromatic heterocycles. The number of quaternary nitrogens is 1. The molecule has 0 saturated carbocycles. The van der Waals surface area contributed by atoms with Crippen LogP contribution in [0.1, 0.15) is 181 Å². The zero-order valence-corrected chi connectivity index (χ0v) is 33.8. The standard InChI is InChI=1S/C43H79NO7/c1-6-8-10-12-14-16-18-19-20-21-22-24-25-27-29-31-33-41(45)50-38-39(37-49-36-35-40(43(47)48)44(3,4)5)51-42(46)34-32-30-28-26-23-17-15-13-11-9-7-2/h13,15,17,23,39-40H,6-12,14,16,18-22,24-38H2,1-5H3/b15-13+,23-17+. The maximum absolute atomic E-state index is 12.6. The summed E-state index contributed by atoms with van der Waals surface area (Å²) in [6.45, 7) is 4.58. The normalized spacial score (nSPS) is 13.2. The second-order valence-electron chi connectivity index (χ2n) is 15.3. The predicted octanol–water partition coefficient (Wildman–Crippen LogP) is 9.58. The van der Waals surface area contributed by atoms with Gasteiger partial charge in [0.15, 0.2) is 6.10 Å². The molecule has 2 atom stereocenters. The highest BCUT2D eigenvalue weighted by Crippen LogP contribution is 2.15. The number of hydrogen-bond donors (Lipinski definition) is 0. The minimum absolute atomic E-state index is 0.0333. The van der Waals surface area contributed by atoms with E-state index in [-0.39, 0.29) is 42.7 Å². The molecule has 0 bridgehead atoms. The number of carbonyl (C=O) groups excluding carboxylic acids is 3. The molecule has 51 heavy (non-hydrogen) atoms. The smallest absolute Gasteiger partial charge is 0.306 e. The molecule has 8 nitrogen and oxygen atoms in total. The van der Waals surface area contributed by atoms with Crippen LogP contribution in [0.25, 0.3) is 0 Å². The van der Waals surface area contributed by atoms with Gasteiger partial charge in [-0.1, -0.05) is 154 Å². The van der Waals surface area contributed by atoms with Gasteiger partial charge in [0.05, 0.1) is 40.3 Å². The van der Waals surface area contributed by atoms with Crippen molar-refractivity contribution < 1.29 is 38.2 Å². The summed E-state index contributed by atoms with van der Waals surface area (Å²) in [5.41, 5.74) is 0. The van der Waals surface area contributed by atoms with Crippen molar-refractivity contribution in [1.82, 2.24) is 0 Å². The zero-order chi connectivity index (χ0) is 37.8. The number of carbonyl (C=O) groups is 3. The van der Waals surface area contributed by atoms with Crippen LogP contribution in [-0.4, -0.2) is 75.5 Å². The molecular weight excluding hydrogens is 642 g/mol. The van der Waals surface area contributed by atoms with Crippen molar-refractivity contribution in [2.75, 3.05) is 41.0 Å². The van der Waals surface area contributed by atoms with Gasteiger partial charge in [-0.15, -0.1) is 0 Å². The van der Waals surface area contributed by atoms with Gasteiger partial charge in [-0.25, -0.2) is 0 Å². The maximum atomic E-state index is 12.6. The van der Waals surface area contributed by atoms with Crippen LogP contribution in [-0.2, 0) is 28.6 Å². The summed E-state index contributed by atoms with van der Waals surface area (Å²) in [7, 11) is 5.39. The lowest BCUT2D eigenvalue weighted by Crippen LogP contribution is -2.55. The Balaban J connectivity index is 4.35. The number of unbranched alkanes of at least 4 members (excludes halogenated alkanes) is 20. The minimum atomic E-state index is -1.13. The summed E-state index contributed by atoms with van der Waals surface area (Å²) < 4.78 is 17.1. The van der Waals surface area contributed by atoms with Crippen molar-refractivity contribution in [2.24, 2.45) is 0 Å². The quantitative estimate of drug-likeness (QED) is 0.0273. The van der Waals surface area contributed by atoms with Gasteiger partial charge in [-0.05, 0) is 32.1 Å². The molecule has 0 saturated heterocycles. The summed E-state index contributed by atoms with van der Waals surface area (Å²) in [5, 5.41) is 11.6. The molecule has 298 valence electrons. The second-order valence-corrected chi connectivity index (χ2v) is 15.3. The Morgan fingerprint density at radius 2 is 1.04 bits per heavy atom. The van der Waals surface area contributed by atoms with Crippen LogP contribution in [0.3, 0.4) is 0 Å². The van der Waals surface area contributed by atoms with Crippen LogP contribution in [0, 0.1) is 0 Å². The Labute approximate surface area is 313 Å². The molecule has 0 heterocycles. The fourth-order valence-corrected chi connectivity index (χ4v) is 6.05. The van der Waals surface area contributed by atoms with Crippen molar-refractivity contribution in [3.05, 3.63) is 24.3 Å². The number of aliphatic carboxylic acids is 1. The number of ether oxygens (including phenoxy) is 3. The average molecular weight is 722 g/mol. The summed E-state index contributed by atoms with van der Waals surface area (Å²) in [5.74, 6) is -1.77. The summed E-state index contributed by atoms with van der Waals surface area (Å²) >= 11 is 0. The van der Waals surface area contributed by atoms with E-state index in [2.05, 4.69) is 38.2 Å². The summed E-state index contributed by atoms with van der Waals surface area (Å²) in [6.07, 6.45) is 36.3. The highest BCUT2D eigenvalue weighted by Gasteiger charge is 2.25. The summed E-state index contributed by atoms with van der Waals surface area (Å²) in [4.78, 5) is 36.7. The van der Waals surface area contributed by atoms with E-state index in [1.807, 2.05) is 0 Å². The lowest BCUT2D eigenvalue weighted by molar-refractivity contribution is -0.889. The number of esters is 2. The highest BCUT2D eigenvalue weighted by molar-refractivity contribution is 5.70. The largest absolute Gasteiger partial charge is 0.544 e. The number of nitrogens with zero attached hydrogens (tertiary/aromatic N) is 1. The first-order valence-corrected chi connectivity index (χ1v) is 20.9. The third-order valence-electron chi connectivity index (χ3n) is 9.37.